The van der Waals surface area contributed by atoms with Crippen molar-refractivity contribution in [3.8, 4) is 0 Å². The van der Waals surface area contributed by atoms with Crippen molar-refractivity contribution >= 4 is 28.2 Å². The van der Waals surface area contributed by atoms with Gasteiger partial charge in [-0.1, -0.05) is 0 Å². The van der Waals surface area contributed by atoms with Crippen LogP contribution in [-0.2, 0) is 17.8 Å². The van der Waals surface area contributed by atoms with Crippen LogP contribution in [0.3, 0.4) is 0 Å². The van der Waals surface area contributed by atoms with Gasteiger partial charge in [0.1, 0.15) is 0 Å². The maximum absolute atomic E-state index is 11.7. The van der Waals surface area contributed by atoms with Crippen LogP contribution in [0.4, 0.5) is 10.9 Å². The van der Waals surface area contributed by atoms with Gasteiger partial charge in [-0.15, -0.1) is 11.3 Å². The van der Waals surface area contributed by atoms with Gasteiger partial charge in [-0.25, -0.2) is 4.98 Å². The zero-order valence-electron chi connectivity index (χ0n) is 9.38. The van der Waals surface area contributed by atoms with Crippen LogP contribution >= 0.6 is 11.3 Å². The SMILES string of the molecule is CCn1ccc(NC(=O)Cc2csc(N)n2)n1. The number of nitrogen functional groups attached to an aromatic ring is 1. The fourth-order valence-corrected chi connectivity index (χ4v) is 1.92. The van der Waals surface area contributed by atoms with Crippen molar-refractivity contribution in [1.29, 1.82) is 0 Å². The molecule has 3 N–H and O–H groups in total. The molecule has 0 atom stereocenters. The van der Waals surface area contributed by atoms with Crippen LogP contribution in [0.15, 0.2) is 17.6 Å². The third-order valence-corrected chi connectivity index (χ3v) is 2.87. The van der Waals surface area contributed by atoms with Crippen molar-refractivity contribution in [2.75, 3.05) is 11.1 Å². The van der Waals surface area contributed by atoms with Crippen LogP contribution in [0, 0.1) is 0 Å². The second-order valence-corrected chi connectivity index (χ2v) is 4.35. The van der Waals surface area contributed by atoms with Gasteiger partial charge in [0, 0.05) is 24.2 Å². The number of amides is 1. The van der Waals surface area contributed by atoms with Crippen molar-refractivity contribution in [2.24, 2.45) is 0 Å². The van der Waals surface area contributed by atoms with E-state index in [0.717, 1.165) is 6.54 Å². The Labute approximate surface area is 102 Å². The first-order chi connectivity index (χ1) is 8.17. The van der Waals surface area contributed by atoms with Gasteiger partial charge in [0.05, 0.1) is 12.1 Å². The number of hydrogen-bond donors (Lipinski definition) is 2. The van der Waals surface area contributed by atoms with E-state index in [4.69, 9.17) is 5.73 Å². The van der Waals surface area contributed by atoms with Crippen molar-refractivity contribution in [3.05, 3.63) is 23.3 Å². The van der Waals surface area contributed by atoms with Gasteiger partial charge < -0.3 is 11.1 Å². The van der Waals surface area contributed by atoms with E-state index in [1.165, 1.54) is 11.3 Å². The average molecular weight is 251 g/mol. The quantitative estimate of drug-likeness (QED) is 0.852. The molecular weight excluding hydrogens is 238 g/mol. The van der Waals surface area contributed by atoms with E-state index in [9.17, 15) is 4.79 Å². The monoisotopic (exact) mass is 251 g/mol. The highest BCUT2D eigenvalue weighted by Crippen LogP contribution is 2.12. The summed E-state index contributed by atoms with van der Waals surface area (Å²) in [6, 6.07) is 1.76. The number of nitrogens with zero attached hydrogens (tertiary/aromatic N) is 3. The fourth-order valence-electron chi connectivity index (χ4n) is 1.36. The molecule has 0 saturated carbocycles. The van der Waals surface area contributed by atoms with Crippen molar-refractivity contribution in [2.45, 2.75) is 19.9 Å². The molecule has 0 unspecified atom stereocenters. The molecule has 0 aliphatic heterocycles. The summed E-state index contributed by atoms with van der Waals surface area (Å²) in [4.78, 5) is 15.7. The van der Waals surface area contributed by atoms with Gasteiger partial charge in [-0.3, -0.25) is 9.48 Å². The van der Waals surface area contributed by atoms with Gasteiger partial charge in [-0.05, 0) is 6.92 Å². The number of nitrogens with one attached hydrogen (secondary N) is 1. The summed E-state index contributed by atoms with van der Waals surface area (Å²) < 4.78 is 1.75. The Morgan fingerprint density at radius 2 is 2.47 bits per heavy atom. The van der Waals surface area contributed by atoms with Crippen LogP contribution < -0.4 is 11.1 Å². The van der Waals surface area contributed by atoms with Crippen LogP contribution in [0.5, 0.6) is 0 Å². The first-order valence-corrected chi connectivity index (χ1v) is 6.08. The van der Waals surface area contributed by atoms with E-state index in [2.05, 4.69) is 15.4 Å². The number of aromatic nitrogens is 3. The average Bonchev–Trinajstić information content (AvgIpc) is 2.88. The van der Waals surface area contributed by atoms with Crippen LogP contribution in [-0.4, -0.2) is 20.7 Å². The summed E-state index contributed by atoms with van der Waals surface area (Å²) in [5, 5.41) is 9.12. The van der Waals surface area contributed by atoms with E-state index >= 15 is 0 Å². The number of thiazole rings is 1. The van der Waals surface area contributed by atoms with Gasteiger partial charge in [0.2, 0.25) is 5.91 Å². The summed E-state index contributed by atoms with van der Waals surface area (Å²) in [5.41, 5.74) is 6.17. The molecule has 6 nitrogen and oxygen atoms in total. The van der Waals surface area contributed by atoms with Gasteiger partial charge in [-0.2, -0.15) is 5.10 Å². The Bertz CT molecular complexity index is 518. The molecule has 90 valence electrons. The molecule has 7 heteroatoms. The lowest BCUT2D eigenvalue weighted by Crippen LogP contribution is -2.15. The highest BCUT2D eigenvalue weighted by molar-refractivity contribution is 7.13. The van der Waals surface area contributed by atoms with E-state index in [-0.39, 0.29) is 12.3 Å². The third-order valence-electron chi connectivity index (χ3n) is 2.14. The minimum absolute atomic E-state index is 0.142. The number of rotatable bonds is 4. The number of aryl methyl sites for hydroxylation is 1. The molecule has 0 aromatic carbocycles. The van der Waals surface area contributed by atoms with E-state index in [0.29, 0.717) is 16.6 Å². The number of hydrogen-bond acceptors (Lipinski definition) is 5. The predicted molar refractivity (Wildman–Crippen MR) is 66.8 cm³/mol. The summed E-state index contributed by atoms with van der Waals surface area (Å²) in [6.07, 6.45) is 2.03. The molecule has 0 fully saturated rings. The zero-order chi connectivity index (χ0) is 12.3. The molecular formula is C10H13N5OS. The summed E-state index contributed by atoms with van der Waals surface area (Å²) in [7, 11) is 0. The molecule has 2 heterocycles. The Hall–Kier alpha value is -1.89. The van der Waals surface area contributed by atoms with Gasteiger partial charge in [0.15, 0.2) is 10.9 Å². The first kappa shape index (κ1) is 11.6. The van der Waals surface area contributed by atoms with Crippen LogP contribution in [0.2, 0.25) is 0 Å². The molecule has 0 aliphatic rings. The molecule has 2 aromatic rings. The van der Waals surface area contributed by atoms with E-state index in [1.54, 1.807) is 16.1 Å². The second-order valence-electron chi connectivity index (χ2n) is 3.46. The van der Waals surface area contributed by atoms with Crippen molar-refractivity contribution in [3.63, 3.8) is 0 Å². The minimum atomic E-state index is -0.142. The maximum Gasteiger partial charge on any atom is 0.231 e. The second kappa shape index (κ2) is 4.96. The minimum Gasteiger partial charge on any atom is -0.375 e. The zero-order valence-corrected chi connectivity index (χ0v) is 10.2. The highest BCUT2D eigenvalue weighted by atomic mass is 32.1. The summed E-state index contributed by atoms with van der Waals surface area (Å²) in [6.45, 7) is 2.76. The lowest BCUT2D eigenvalue weighted by Gasteiger charge is -1.99. The Morgan fingerprint density at radius 3 is 3.06 bits per heavy atom. The number of carbonyl (C=O) groups excluding carboxylic acids is 1. The van der Waals surface area contributed by atoms with Gasteiger partial charge >= 0.3 is 0 Å². The largest absolute Gasteiger partial charge is 0.375 e. The lowest BCUT2D eigenvalue weighted by atomic mass is 10.3. The third kappa shape index (κ3) is 3.04. The number of anilines is 2. The standard InChI is InChI=1S/C10H13N5OS/c1-2-15-4-3-8(14-15)13-9(16)5-7-6-17-10(11)12-7/h3-4,6H,2,5H2,1H3,(H2,11,12)(H,13,14,16). The first-order valence-electron chi connectivity index (χ1n) is 5.20. The predicted octanol–water partition coefficient (Wildman–Crippen LogP) is 1.12. The molecule has 2 aromatic heterocycles. The normalized spacial score (nSPS) is 10.4. The fraction of sp³-hybridized carbons (Fsp3) is 0.300. The maximum atomic E-state index is 11.7. The smallest absolute Gasteiger partial charge is 0.231 e. The van der Waals surface area contributed by atoms with Crippen LogP contribution in [0.25, 0.3) is 0 Å². The molecule has 17 heavy (non-hydrogen) atoms. The molecule has 0 bridgehead atoms. The Balaban J connectivity index is 1.93. The molecule has 0 radical (unpaired) electrons. The van der Waals surface area contributed by atoms with Crippen molar-refractivity contribution in [1.82, 2.24) is 14.8 Å². The topological polar surface area (TPSA) is 85.8 Å². The van der Waals surface area contributed by atoms with Crippen molar-refractivity contribution < 1.29 is 4.79 Å². The molecule has 2 rings (SSSR count). The molecule has 0 aliphatic carbocycles. The van der Waals surface area contributed by atoms with Crippen LogP contribution in [0.1, 0.15) is 12.6 Å². The lowest BCUT2D eigenvalue weighted by molar-refractivity contribution is -0.115. The Kier molecular flexibility index (Phi) is 3.38. The Morgan fingerprint density at radius 1 is 1.65 bits per heavy atom. The number of carbonyl (C=O) groups is 1. The molecule has 0 saturated heterocycles. The summed E-state index contributed by atoms with van der Waals surface area (Å²) in [5.74, 6) is 0.414. The summed E-state index contributed by atoms with van der Waals surface area (Å²) >= 11 is 1.33. The molecule has 0 spiro atoms. The van der Waals surface area contributed by atoms with E-state index < -0.39 is 0 Å². The molecule has 1 amide bonds. The highest BCUT2D eigenvalue weighted by Gasteiger charge is 2.08. The number of nitrogens with two attached hydrogens (primary N) is 1. The van der Waals surface area contributed by atoms with E-state index in [1.807, 2.05) is 13.1 Å². The van der Waals surface area contributed by atoms with Gasteiger partial charge in [0.25, 0.3) is 0 Å².